The van der Waals surface area contributed by atoms with Crippen LogP contribution in [0.25, 0.3) is 6.08 Å². The van der Waals surface area contributed by atoms with E-state index in [-0.39, 0.29) is 30.1 Å². The molecule has 1 saturated heterocycles. The van der Waals surface area contributed by atoms with Crippen molar-refractivity contribution in [2.24, 2.45) is 0 Å². The molecule has 1 N–H and O–H groups in total. The molecule has 0 spiro atoms. The number of amides is 2. The molecule has 0 atom stereocenters. The number of nitrogens with one attached hydrogen (secondary N) is 1. The highest BCUT2D eigenvalue weighted by Crippen LogP contribution is 2.32. The lowest BCUT2D eigenvalue weighted by Crippen LogP contribution is -2.32. The van der Waals surface area contributed by atoms with Gasteiger partial charge in [0.1, 0.15) is 4.32 Å². The number of thiocarbonyl (C=S) groups is 1. The molecule has 6 nitrogen and oxygen atoms in total. The standard InChI is InChI=1S/C22H20N2O4S2/c1-2-14-7-9-15(10-8-14)13-18-20(26)24(22(29)30-18)12-11-19(25)23-17-6-4-3-5-16(17)21(27)28/h3-10,13H,2,11-12H2,1H3,(H,23,25)(H,27,28)/p-1/b18-13-. The molecular formula is C22H19N2O4S2-. The minimum atomic E-state index is -1.38. The van der Waals surface area contributed by atoms with Gasteiger partial charge < -0.3 is 15.2 Å². The van der Waals surface area contributed by atoms with Crippen molar-refractivity contribution in [2.45, 2.75) is 19.8 Å². The van der Waals surface area contributed by atoms with Crippen molar-refractivity contribution in [2.75, 3.05) is 11.9 Å². The van der Waals surface area contributed by atoms with E-state index in [1.807, 2.05) is 24.3 Å². The van der Waals surface area contributed by atoms with Crippen molar-refractivity contribution in [1.82, 2.24) is 4.90 Å². The molecule has 3 rings (SSSR count). The summed E-state index contributed by atoms with van der Waals surface area (Å²) in [7, 11) is 0. The van der Waals surface area contributed by atoms with Crippen molar-refractivity contribution in [3.63, 3.8) is 0 Å². The quantitative estimate of drug-likeness (QED) is 0.527. The van der Waals surface area contributed by atoms with Crippen molar-refractivity contribution in [1.29, 1.82) is 0 Å². The molecule has 2 aromatic carbocycles. The Hall–Kier alpha value is -2.97. The number of anilines is 1. The normalized spacial score (nSPS) is 15.0. The summed E-state index contributed by atoms with van der Waals surface area (Å²) in [6, 6.07) is 13.9. The summed E-state index contributed by atoms with van der Waals surface area (Å²) in [6.07, 6.45) is 2.71. The van der Waals surface area contributed by atoms with Gasteiger partial charge in [0, 0.05) is 24.2 Å². The van der Waals surface area contributed by atoms with Crippen LogP contribution in [0.4, 0.5) is 5.69 Å². The van der Waals surface area contributed by atoms with E-state index in [1.54, 1.807) is 18.2 Å². The summed E-state index contributed by atoms with van der Waals surface area (Å²) in [6.45, 7) is 2.18. The smallest absolute Gasteiger partial charge is 0.266 e. The molecule has 1 aliphatic rings. The maximum absolute atomic E-state index is 12.7. The first-order chi connectivity index (χ1) is 14.4. The number of carbonyl (C=O) groups is 3. The molecule has 0 aromatic heterocycles. The number of carboxylic acid groups (broad SMARTS) is 1. The van der Waals surface area contributed by atoms with Crippen molar-refractivity contribution < 1.29 is 19.5 Å². The third-order valence-corrected chi connectivity index (χ3v) is 5.92. The zero-order chi connectivity index (χ0) is 21.7. The Kier molecular flexibility index (Phi) is 7.02. The summed E-state index contributed by atoms with van der Waals surface area (Å²) < 4.78 is 0.388. The lowest BCUT2D eigenvalue weighted by molar-refractivity contribution is -0.254. The predicted molar refractivity (Wildman–Crippen MR) is 120 cm³/mol. The summed E-state index contributed by atoms with van der Waals surface area (Å²) >= 11 is 6.50. The molecule has 154 valence electrons. The third kappa shape index (κ3) is 5.14. The number of benzene rings is 2. The number of aryl methyl sites for hydroxylation is 1. The Balaban J connectivity index is 1.62. The molecule has 1 aliphatic heterocycles. The van der Waals surface area contributed by atoms with Crippen molar-refractivity contribution in [3.05, 3.63) is 70.1 Å². The second kappa shape index (κ2) is 9.69. The number of carbonyl (C=O) groups excluding carboxylic acids is 3. The highest BCUT2D eigenvalue weighted by molar-refractivity contribution is 8.26. The van der Waals surface area contributed by atoms with Gasteiger partial charge >= 0.3 is 0 Å². The fourth-order valence-electron chi connectivity index (χ4n) is 2.89. The molecule has 1 heterocycles. The van der Waals surface area contributed by atoms with Gasteiger partial charge in [-0.25, -0.2) is 0 Å². The maximum atomic E-state index is 12.7. The van der Waals surface area contributed by atoms with E-state index < -0.39 is 11.9 Å². The van der Waals surface area contributed by atoms with E-state index in [4.69, 9.17) is 12.2 Å². The first-order valence-electron chi connectivity index (χ1n) is 9.33. The number of para-hydroxylation sites is 1. The fourth-order valence-corrected chi connectivity index (χ4v) is 4.20. The second-order valence-corrected chi connectivity index (χ2v) is 8.24. The first-order valence-corrected chi connectivity index (χ1v) is 10.6. The number of hydrogen-bond donors (Lipinski definition) is 1. The topological polar surface area (TPSA) is 89.5 Å². The monoisotopic (exact) mass is 439 g/mol. The largest absolute Gasteiger partial charge is 0.545 e. The summed E-state index contributed by atoms with van der Waals surface area (Å²) in [5.41, 5.74) is 2.17. The summed E-state index contributed by atoms with van der Waals surface area (Å²) in [5.74, 6) is -2.04. The van der Waals surface area contributed by atoms with E-state index in [2.05, 4.69) is 12.2 Å². The number of nitrogens with zero attached hydrogens (tertiary/aromatic N) is 1. The van der Waals surface area contributed by atoms with Gasteiger partial charge in [0.2, 0.25) is 5.91 Å². The molecule has 0 aliphatic carbocycles. The van der Waals surface area contributed by atoms with Crippen LogP contribution in [0.1, 0.15) is 34.8 Å². The summed E-state index contributed by atoms with van der Waals surface area (Å²) in [5, 5.41) is 13.7. The summed E-state index contributed by atoms with van der Waals surface area (Å²) in [4.78, 5) is 38.0. The minimum Gasteiger partial charge on any atom is -0.545 e. The second-order valence-electron chi connectivity index (χ2n) is 6.56. The molecule has 2 amide bonds. The lowest BCUT2D eigenvalue weighted by Gasteiger charge is -2.15. The van der Waals surface area contributed by atoms with Crippen LogP contribution in [0.3, 0.4) is 0 Å². The highest BCUT2D eigenvalue weighted by atomic mass is 32.2. The average Bonchev–Trinajstić information content (AvgIpc) is 2.99. The van der Waals surface area contributed by atoms with E-state index >= 15 is 0 Å². The van der Waals surface area contributed by atoms with Gasteiger partial charge in [-0.2, -0.15) is 0 Å². The minimum absolute atomic E-state index is 0.0215. The van der Waals surface area contributed by atoms with Crippen LogP contribution in [-0.2, 0) is 16.0 Å². The first kappa shape index (κ1) is 21.7. The number of rotatable bonds is 7. The molecule has 0 bridgehead atoms. The number of carboxylic acids is 1. The average molecular weight is 440 g/mol. The predicted octanol–water partition coefficient (Wildman–Crippen LogP) is 2.84. The molecule has 0 radical (unpaired) electrons. The fraction of sp³-hybridized carbons (Fsp3) is 0.182. The molecule has 2 aromatic rings. The number of thioether (sulfide) groups is 1. The zero-order valence-corrected chi connectivity index (χ0v) is 17.8. The van der Waals surface area contributed by atoms with Gasteiger partial charge in [0.05, 0.1) is 10.9 Å². The van der Waals surface area contributed by atoms with Crippen LogP contribution < -0.4 is 10.4 Å². The van der Waals surface area contributed by atoms with Crippen LogP contribution >= 0.6 is 24.0 Å². The van der Waals surface area contributed by atoms with Crippen LogP contribution in [0.5, 0.6) is 0 Å². The molecule has 8 heteroatoms. The van der Waals surface area contributed by atoms with Crippen LogP contribution in [0.2, 0.25) is 0 Å². The van der Waals surface area contributed by atoms with Gasteiger partial charge in [0.15, 0.2) is 0 Å². The van der Waals surface area contributed by atoms with Gasteiger partial charge in [-0.1, -0.05) is 73.4 Å². The Morgan fingerprint density at radius 1 is 1.17 bits per heavy atom. The Bertz CT molecular complexity index is 1030. The Morgan fingerprint density at radius 3 is 2.53 bits per heavy atom. The Labute approximate surface area is 184 Å². The van der Waals surface area contributed by atoms with Crippen molar-refractivity contribution >= 4 is 57.8 Å². The zero-order valence-electron chi connectivity index (χ0n) is 16.2. The molecule has 0 unspecified atom stereocenters. The third-order valence-electron chi connectivity index (χ3n) is 4.54. The van der Waals surface area contributed by atoms with Gasteiger partial charge in [0.25, 0.3) is 5.91 Å². The lowest BCUT2D eigenvalue weighted by atomic mass is 10.1. The van der Waals surface area contributed by atoms with Gasteiger partial charge in [-0.05, 0) is 29.7 Å². The van der Waals surface area contributed by atoms with Gasteiger partial charge in [-0.15, -0.1) is 0 Å². The molecule has 1 fully saturated rings. The number of aromatic carboxylic acids is 1. The Morgan fingerprint density at radius 2 is 1.87 bits per heavy atom. The SMILES string of the molecule is CCc1ccc(/C=C2\SC(=S)N(CCC(=O)Nc3ccccc3C(=O)[O-])C2=O)cc1. The van der Waals surface area contributed by atoms with E-state index in [1.165, 1.54) is 34.4 Å². The van der Waals surface area contributed by atoms with E-state index in [0.717, 1.165) is 12.0 Å². The van der Waals surface area contributed by atoms with Crippen LogP contribution in [-0.4, -0.2) is 33.5 Å². The highest BCUT2D eigenvalue weighted by Gasteiger charge is 2.32. The molecule has 30 heavy (non-hydrogen) atoms. The van der Waals surface area contributed by atoms with Crippen LogP contribution in [0.15, 0.2) is 53.4 Å². The maximum Gasteiger partial charge on any atom is 0.266 e. The van der Waals surface area contributed by atoms with Gasteiger partial charge in [-0.3, -0.25) is 14.5 Å². The van der Waals surface area contributed by atoms with Crippen LogP contribution in [0, 0.1) is 0 Å². The van der Waals surface area contributed by atoms with E-state index in [0.29, 0.717) is 9.23 Å². The molecule has 0 saturated carbocycles. The van der Waals surface area contributed by atoms with E-state index in [9.17, 15) is 19.5 Å². The molecular weight excluding hydrogens is 420 g/mol. The number of hydrogen-bond acceptors (Lipinski definition) is 6. The van der Waals surface area contributed by atoms with Crippen molar-refractivity contribution in [3.8, 4) is 0 Å².